The maximum atomic E-state index is 12.0. The average Bonchev–Trinajstić information content (AvgIpc) is 2.65. The lowest BCUT2D eigenvalue weighted by molar-refractivity contribution is -0.306. The van der Waals surface area contributed by atoms with Gasteiger partial charge >= 0.3 is 6.36 Å². The molecule has 0 saturated heterocycles. The molecule has 2 rings (SSSR count). The number of hydrogen-bond acceptors (Lipinski definition) is 1. The Morgan fingerprint density at radius 2 is 2.06 bits per heavy atom. The van der Waals surface area contributed by atoms with Gasteiger partial charge in [-0.1, -0.05) is 11.6 Å². The van der Waals surface area contributed by atoms with Crippen LogP contribution >= 0.6 is 0 Å². The predicted octanol–water partition coefficient (Wildman–Crippen LogP) is 3.94. The van der Waals surface area contributed by atoms with E-state index in [9.17, 15) is 13.2 Å². The average molecular weight is 257 g/mol. The second-order valence-electron chi connectivity index (χ2n) is 4.28. The highest BCUT2D eigenvalue weighted by molar-refractivity contribution is 5.22. The molecule has 1 aromatic heterocycles. The molecule has 0 atom stereocenters. The van der Waals surface area contributed by atoms with Crippen LogP contribution in [-0.4, -0.2) is 10.9 Å². The Labute approximate surface area is 103 Å². The van der Waals surface area contributed by atoms with Crippen LogP contribution in [-0.2, 0) is 11.3 Å². The molecule has 2 nitrogen and oxygen atoms in total. The number of hydrogen-bond donors (Lipinski definition) is 0. The quantitative estimate of drug-likeness (QED) is 0.800. The minimum atomic E-state index is -4.59. The number of nitrogens with zero attached hydrogens (tertiary/aromatic N) is 1. The number of halogens is 3. The van der Waals surface area contributed by atoms with Crippen molar-refractivity contribution >= 4 is 0 Å². The molecule has 1 heterocycles. The van der Waals surface area contributed by atoms with Crippen molar-refractivity contribution in [2.24, 2.45) is 0 Å². The van der Waals surface area contributed by atoms with Gasteiger partial charge in [-0.05, 0) is 31.6 Å². The van der Waals surface area contributed by atoms with E-state index in [4.69, 9.17) is 0 Å². The van der Waals surface area contributed by atoms with E-state index in [2.05, 4.69) is 9.30 Å². The Hall–Kier alpha value is -1.65. The summed E-state index contributed by atoms with van der Waals surface area (Å²) in [5.74, 6) is -0.0181. The van der Waals surface area contributed by atoms with E-state index in [1.807, 2.05) is 25.3 Å². The van der Waals surface area contributed by atoms with Gasteiger partial charge in [-0.2, -0.15) is 0 Å². The van der Waals surface area contributed by atoms with E-state index in [0.717, 1.165) is 11.3 Å². The molecule has 5 heteroatoms. The van der Waals surface area contributed by atoms with Crippen LogP contribution in [0, 0.1) is 6.92 Å². The Morgan fingerprint density at radius 1 is 1.28 bits per heavy atom. The number of aromatic nitrogens is 1. The molecule has 0 fully saturated rings. The molecular weight excluding hydrogens is 243 g/mol. The fourth-order valence-corrected chi connectivity index (χ4v) is 1.92. The third-order valence-electron chi connectivity index (χ3n) is 2.87. The molecule has 0 N–H and O–H groups in total. The minimum absolute atomic E-state index is 0.0181. The zero-order valence-electron chi connectivity index (χ0n) is 10.00. The molecule has 0 radical (unpaired) electrons. The van der Waals surface area contributed by atoms with Gasteiger partial charge in [0.15, 0.2) is 0 Å². The zero-order chi connectivity index (χ0) is 13.2. The summed E-state index contributed by atoms with van der Waals surface area (Å²) in [5, 5.41) is 0. The monoisotopic (exact) mass is 257 g/mol. The van der Waals surface area contributed by atoms with Crippen molar-refractivity contribution < 1.29 is 17.9 Å². The van der Waals surface area contributed by atoms with Crippen molar-refractivity contribution in [3.8, 4) is 0 Å². The van der Waals surface area contributed by atoms with E-state index in [1.54, 1.807) is 6.08 Å². The molecule has 98 valence electrons. The first-order valence-electron chi connectivity index (χ1n) is 5.70. The van der Waals surface area contributed by atoms with Gasteiger partial charge < -0.3 is 9.30 Å². The molecule has 1 aromatic rings. The first-order chi connectivity index (χ1) is 8.44. The summed E-state index contributed by atoms with van der Waals surface area (Å²) in [6.45, 7) is 2.71. The number of rotatable bonds is 3. The third kappa shape index (κ3) is 3.42. The molecule has 0 spiro atoms. The smallest absolute Gasteiger partial charge is 0.410 e. The summed E-state index contributed by atoms with van der Waals surface area (Å²) in [6, 6.07) is 3.95. The molecule has 0 unspecified atom stereocenters. The fraction of sp³-hybridized carbons (Fsp3) is 0.385. The molecule has 0 amide bonds. The second kappa shape index (κ2) is 4.92. The minimum Gasteiger partial charge on any atom is -0.410 e. The number of allylic oxidation sites excluding steroid dienone is 4. The van der Waals surface area contributed by atoms with Gasteiger partial charge in [0.25, 0.3) is 0 Å². The van der Waals surface area contributed by atoms with Crippen LogP contribution in [0.3, 0.4) is 0 Å². The van der Waals surface area contributed by atoms with Crippen molar-refractivity contribution in [3.63, 3.8) is 0 Å². The van der Waals surface area contributed by atoms with Gasteiger partial charge in [0.2, 0.25) is 0 Å². The highest BCUT2D eigenvalue weighted by Gasteiger charge is 2.32. The van der Waals surface area contributed by atoms with Crippen LogP contribution in [0.15, 0.2) is 41.8 Å². The molecule has 0 bridgehead atoms. The van der Waals surface area contributed by atoms with Gasteiger partial charge in [0, 0.05) is 24.9 Å². The molecule has 0 aromatic carbocycles. The maximum absolute atomic E-state index is 12.0. The van der Waals surface area contributed by atoms with Gasteiger partial charge in [-0.3, -0.25) is 0 Å². The first kappa shape index (κ1) is 12.8. The Balaban J connectivity index is 2.00. The molecular formula is C13H14F3NO. The van der Waals surface area contributed by atoms with E-state index >= 15 is 0 Å². The van der Waals surface area contributed by atoms with Crippen molar-refractivity contribution in [1.82, 2.24) is 4.57 Å². The topological polar surface area (TPSA) is 14.2 Å². The van der Waals surface area contributed by atoms with E-state index < -0.39 is 6.36 Å². The van der Waals surface area contributed by atoms with Gasteiger partial charge in [-0.15, -0.1) is 13.2 Å². The summed E-state index contributed by atoms with van der Waals surface area (Å²) in [6.07, 6.45) is 1.39. The van der Waals surface area contributed by atoms with Crippen LogP contribution < -0.4 is 0 Å². The van der Waals surface area contributed by atoms with Crippen LogP contribution in [0.4, 0.5) is 13.2 Å². The summed E-state index contributed by atoms with van der Waals surface area (Å²) in [4.78, 5) is 0. The number of alkyl halides is 3. The lowest BCUT2D eigenvalue weighted by Crippen LogP contribution is -2.14. The summed E-state index contributed by atoms with van der Waals surface area (Å²) < 4.78 is 42.0. The SMILES string of the molecule is Cc1cccn1CC1=CC=C(OC(F)(F)F)CC1. The maximum Gasteiger partial charge on any atom is 0.572 e. The van der Waals surface area contributed by atoms with E-state index in [-0.39, 0.29) is 5.76 Å². The number of aryl methyl sites for hydroxylation is 1. The van der Waals surface area contributed by atoms with Crippen LogP contribution in [0.1, 0.15) is 18.5 Å². The van der Waals surface area contributed by atoms with E-state index in [0.29, 0.717) is 19.4 Å². The van der Waals surface area contributed by atoms with Gasteiger partial charge in [-0.25, -0.2) is 0 Å². The Kier molecular flexibility index (Phi) is 3.50. The van der Waals surface area contributed by atoms with E-state index in [1.165, 1.54) is 6.08 Å². The first-order valence-corrected chi connectivity index (χ1v) is 5.70. The molecule has 1 aliphatic carbocycles. The standard InChI is InChI=1S/C13H14F3NO/c1-10-3-2-8-17(10)9-11-4-6-12(7-5-11)18-13(14,15)16/h2-4,6,8H,5,7,9H2,1H3. The summed E-state index contributed by atoms with van der Waals surface area (Å²) in [5.41, 5.74) is 2.24. The summed E-state index contributed by atoms with van der Waals surface area (Å²) >= 11 is 0. The predicted molar refractivity (Wildman–Crippen MR) is 61.7 cm³/mol. The normalized spacial score (nSPS) is 16.2. The van der Waals surface area contributed by atoms with Crippen LogP contribution in [0.2, 0.25) is 0 Å². The van der Waals surface area contributed by atoms with Gasteiger partial charge in [0.05, 0.1) is 0 Å². The van der Waals surface area contributed by atoms with Crippen molar-refractivity contribution in [2.45, 2.75) is 32.7 Å². The van der Waals surface area contributed by atoms with Crippen molar-refractivity contribution in [2.75, 3.05) is 0 Å². The van der Waals surface area contributed by atoms with Gasteiger partial charge in [0.1, 0.15) is 5.76 Å². The summed E-state index contributed by atoms with van der Waals surface area (Å²) in [7, 11) is 0. The largest absolute Gasteiger partial charge is 0.572 e. The molecule has 18 heavy (non-hydrogen) atoms. The third-order valence-corrected chi connectivity index (χ3v) is 2.87. The van der Waals surface area contributed by atoms with Crippen LogP contribution in [0.5, 0.6) is 0 Å². The number of ether oxygens (including phenoxy) is 1. The van der Waals surface area contributed by atoms with Crippen molar-refractivity contribution in [3.05, 3.63) is 47.5 Å². The highest BCUT2D eigenvalue weighted by atomic mass is 19.4. The lowest BCUT2D eigenvalue weighted by Gasteiger charge is -2.17. The fourth-order valence-electron chi connectivity index (χ4n) is 1.92. The Bertz CT molecular complexity index is 483. The Morgan fingerprint density at radius 3 is 2.56 bits per heavy atom. The zero-order valence-corrected chi connectivity index (χ0v) is 10.00. The second-order valence-corrected chi connectivity index (χ2v) is 4.28. The molecule has 1 aliphatic rings. The lowest BCUT2D eigenvalue weighted by atomic mass is 10.0. The van der Waals surface area contributed by atoms with Crippen LogP contribution in [0.25, 0.3) is 0 Å². The van der Waals surface area contributed by atoms with Crippen molar-refractivity contribution in [1.29, 1.82) is 0 Å². The molecule has 0 aliphatic heterocycles. The highest BCUT2D eigenvalue weighted by Crippen LogP contribution is 2.27. The molecule has 0 saturated carbocycles.